The van der Waals surface area contributed by atoms with Gasteiger partial charge in [-0.2, -0.15) is 0 Å². The quantitative estimate of drug-likeness (QED) is 0.0550. The lowest BCUT2D eigenvalue weighted by atomic mass is 9.86. The fourth-order valence-corrected chi connectivity index (χ4v) is 8.52. The molecule has 2 fully saturated rings. The van der Waals surface area contributed by atoms with Crippen molar-refractivity contribution in [1.82, 2.24) is 29.8 Å². The van der Waals surface area contributed by atoms with E-state index in [9.17, 15) is 13.8 Å². The lowest BCUT2D eigenvalue weighted by Gasteiger charge is -2.34. The van der Waals surface area contributed by atoms with Crippen LogP contribution in [0.5, 0.6) is 11.5 Å². The second-order valence-electron chi connectivity index (χ2n) is 16.6. The zero-order chi connectivity index (χ0) is 50.2. The number of aliphatic carboxylic acids is 1. The molecule has 4 amide bonds. The second-order valence-corrected chi connectivity index (χ2v) is 19.0. The monoisotopic (exact) mass is 963 g/mol. The van der Waals surface area contributed by atoms with Crippen LogP contribution in [0, 0.1) is 5.41 Å². The summed E-state index contributed by atoms with van der Waals surface area (Å²) in [4.78, 5) is 53.2. The van der Waals surface area contributed by atoms with E-state index < -0.39 is 17.0 Å². The zero-order valence-corrected chi connectivity index (χ0v) is 43.7. The van der Waals surface area contributed by atoms with Crippen LogP contribution in [-0.4, -0.2) is 117 Å². The molecular formula is C48H82N8O8S2. The number of nitrogens with two attached hydrogens (primary N) is 1. The number of nitrogens with zero attached hydrogens (tertiary/aromatic N) is 4. The number of allylic oxidation sites excluding steroid dienone is 2. The third-order valence-corrected chi connectivity index (χ3v) is 12.1. The van der Waals surface area contributed by atoms with Crippen LogP contribution in [0.3, 0.4) is 0 Å². The number of thiazole rings is 1. The number of nitrogens with one attached hydrogen (secondary N) is 3. The molecular weight excluding hydrogens is 881 g/mol. The Morgan fingerprint density at radius 2 is 1.70 bits per heavy atom. The molecule has 2 aromatic heterocycles. The highest BCUT2D eigenvalue weighted by Gasteiger charge is 2.32. The van der Waals surface area contributed by atoms with Crippen molar-refractivity contribution < 1.29 is 38.0 Å². The standard InChI is InChI=1S/C17H32N4O3S.C17H19N3O2S.C9H18.C2H4O2.C2H6.CH3NO/c1-13-7-5-9-21(13)15(22)11-18-16(23)19-14(17(2,3)4)12-20-8-6-10-25(20)24;1-10(2)18-17-20-15(9-23-17)14-8-16(22-4)12-6-5-11(21-3)7-13(12)19-14;1-3-5-7-9-8-6-4-2;1-2(3)4;1-2;2-1-3/h13-14H,5-12H2,1-4H3,(H2,18,19,23);5-10H,1-4H3,(H,18,20);5,7H,3-4,6,8-9H2,1-2H3;1H3,(H,3,4);1-2H3;1H,(H2,2,3)/b;;7-5-;;;/t13-,14?,25?;;;;;/m1...../s1. The molecule has 16 nitrogen and oxygen atoms in total. The van der Waals surface area contributed by atoms with E-state index in [4.69, 9.17) is 29.2 Å². The number of ether oxygens (including phenoxy) is 2. The molecule has 1 aromatic carbocycles. The second kappa shape index (κ2) is 34.5. The first-order valence-electron chi connectivity index (χ1n) is 23.1. The van der Waals surface area contributed by atoms with Gasteiger partial charge in [-0.3, -0.25) is 14.4 Å². The Bertz CT molecular complexity index is 1900. The number of carbonyl (C=O) groups is 4. The number of hydrogen-bond acceptors (Lipinski definition) is 11. The zero-order valence-electron chi connectivity index (χ0n) is 42.0. The molecule has 2 unspecified atom stereocenters. The molecule has 5 rings (SSSR count). The van der Waals surface area contributed by atoms with Gasteiger partial charge < -0.3 is 41.2 Å². The van der Waals surface area contributed by atoms with Crippen molar-refractivity contribution >= 4 is 62.7 Å². The van der Waals surface area contributed by atoms with Gasteiger partial charge in [0.2, 0.25) is 12.3 Å². The summed E-state index contributed by atoms with van der Waals surface area (Å²) in [5.74, 6) is 1.38. The number of carboxylic acid groups (broad SMARTS) is 1. The number of benzene rings is 1. The molecule has 6 N–H and O–H groups in total. The van der Waals surface area contributed by atoms with Gasteiger partial charge in [-0.25, -0.2) is 23.3 Å². The van der Waals surface area contributed by atoms with Gasteiger partial charge in [-0.1, -0.05) is 73.5 Å². The molecule has 2 saturated heterocycles. The molecule has 0 bridgehead atoms. The summed E-state index contributed by atoms with van der Waals surface area (Å²) in [5.41, 5.74) is 6.44. The molecule has 374 valence electrons. The largest absolute Gasteiger partial charge is 0.497 e. The highest BCUT2D eigenvalue weighted by molar-refractivity contribution is 7.82. The molecule has 3 aromatic rings. The van der Waals surface area contributed by atoms with E-state index in [1.807, 2.05) is 80.4 Å². The highest BCUT2D eigenvalue weighted by atomic mass is 32.2. The van der Waals surface area contributed by atoms with Crippen molar-refractivity contribution in [2.45, 2.75) is 146 Å². The number of carbonyl (C=O) groups excluding carboxylic acids is 3. The minimum Gasteiger partial charge on any atom is -0.497 e. The van der Waals surface area contributed by atoms with Crippen LogP contribution < -0.4 is 31.2 Å². The number of aromatic nitrogens is 2. The van der Waals surface area contributed by atoms with Gasteiger partial charge in [0, 0.05) is 73.3 Å². The third kappa shape index (κ3) is 24.6. The summed E-state index contributed by atoms with van der Waals surface area (Å²) < 4.78 is 24.7. The van der Waals surface area contributed by atoms with Crippen molar-refractivity contribution in [3.8, 4) is 22.9 Å². The summed E-state index contributed by atoms with van der Waals surface area (Å²) in [7, 11) is 2.36. The Balaban J connectivity index is 0.000000944. The van der Waals surface area contributed by atoms with Crippen LogP contribution >= 0.6 is 11.3 Å². The molecule has 0 radical (unpaired) electrons. The van der Waals surface area contributed by atoms with E-state index >= 15 is 0 Å². The van der Waals surface area contributed by atoms with Gasteiger partial charge in [0.1, 0.15) is 17.2 Å². The predicted molar refractivity (Wildman–Crippen MR) is 273 cm³/mol. The lowest BCUT2D eigenvalue weighted by Crippen LogP contribution is -2.54. The molecule has 2 aliphatic rings. The average Bonchev–Trinajstić information content (AvgIpc) is 4.04. The smallest absolute Gasteiger partial charge is 0.315 e. The number of rotatable bonds is 15. The first-order valence-corrected chi connectivity index (χ1v) is 25.2. The van der Waals surface area contributed by atoms with Crippen LogP contribution in [0.15, 0.2) is 41.8 Å². The van der Waals surface area contributed by atoms with Crippen molar-refractivity contribution in [2.24, 2.45) is 11.1 Å². The number of fused-ring (bicyclic) bond motifs is 1. The van der Waals surface area contributed by atoms with Gasteiger partial charge >= 0.3 is 6.03 Å². The first-order chi connectivity index (χ1) is 31.3. The van der Waals surface area contributed by atoms with E-state index in [0.717, 1.165) is 78.2 Å². The normalized spacial score (nSPS) is 15.8. The molecule has 18 heteroatoms. The summed E-state index contributed by atoms with van der Waals surface area (Å²) in [6.07, 6.45) is 14.3. The average molecular weight is 963 g/mol. The third-order valence-electron chi connectivity index (χ3n) is 9.78. The molecule has 2 aliphatic heterocycles. The number of pyridine rings is 1. The predicted octanol–water partition coefficient (Wildman–Crippen LogP) is 9.03. The van der Waals surface area contributed by atoms with Gasteiger partial charge in [0.05, 0.1) is 43.0 Å². The topological polar surface area (TPSA) is 218 Å². The fourth-order valence-electron chi connectivity index (χ4n) is 6.38. The minimum absolute atomic E-state index is 0.0165. The van der Waals surface area contributed by atoms with E-state index in [1.54, 1.807) is 25.6 Å². The summed E-state index contributed by atoms with van der Waals surface area (Å²) in [6, 6.07) is 7.79. The summed E-state index contributed by atoms with van der Waals surface area (Å²) >= 11 is 1.57. The number of anilines is 1. The summed E-state index contributed by atoms with van der Waals surface area (Å²) in [5, 5.41) is 20.2. The maximum atomic E-state index is 12.3. The number of methoxy groups -OCH3 is 2. The first kappa shape index (κ1) is 61.2. The Kier molecular flexibility index (Phi) is 32.0. The Labute approximate surface area is 401 Å². The molecule has 3 atom stereocenters. The van der Waals surface area contributed by atoms with E-state index in [1.165, 1.54) is 32.1 Å². The Hall–Kier alpha value is -4.81. The summed E-state index contributed by atoms with van der Waals surface area (Å²) in [6.45, 7) is 24.0. The SMILES string of the molecule is CC.CC(=O)O.CC/C=C\CCCCC.COc1ccc2c(OC)cc(-c3csc(NC(C)C)n3)nc2c1.C[C@@H]1CCCN1C(=O)CNC(=O)NC(CN1CCCS1=O)C(C)(C)C.NC=O. The van der Waals surface area contributed by atoms with E-state index in [2.05, 4.69) is 66.5 Å². The maximum Gasteiger partial charge on any atom is 0.315 e. The van der Waals surface area contributed by atoms with Gasteiger partial charge in [0.25, 0.3) is 5.97 Å². The molecule has 4 heterocycles. The van der Waals surface area contributed by atoms with Crippen LogP contribution in [0.4, 0.5) is 9.93 Å². The van der Waals surface area contributed by atoms with Gasteiger partial charge in [-0.05, 0) is 76.8 Å². The Morgan fingerprint density at radius 3 is 2.21 bits per heavy atom. The number of primary amides is 1. The maximum absolute atomic E-state index is 12.3. The number of likely N-dealkylation sites (tertiary alicyclic amines) is 1. The number of amides is 4. The van der Waals surface area contributed by atoms with Crippen molar-refractivity contribution in [1.29, 1.82) is 0 Å². The number of unbranched alkanes of at least 4 members (excludes halogenated alkanes) is 3. The molecule has 0 aliphatic carbocycles. The van der Waals surface area contributed by atoms with Crippen LogP contribution in [-0.2, 0) is 25.4 Å². The lowest BCUT2D eigenvalue weighted by molar-refractivity contribution is -0.134. The van der Waals surface area contributed by atoms with Gasteiger partial charge in [-0.15, -0.1) is 11.3 Å². The van der Waals surface area contributed by atoms with E-state index in [0.29, 0.717) is 18.3 Å². The number of hydrogen-bond donors (Lipinski definition) is 5. The fraction of sp³-hybridized carbons (Fsp3) is 0.625. The van der Waals surface area contributed by atoms with Crippen molar-refractivity contribution in [3.63, 3.8) is 0 Å². The van der Waals surface area contributed by atoms with Crippen LogP contribution in [0.2, 0.25) is 0 Å². The van der Waals surface area contributed by atoms with Crippen LogP contribution in [0.1, 0.15) is 128 Å². The van der Waals surface area contributed by atoms with Crippen LogP contribution in [0.25, 0.3) is 22.3 Å². The molecule has 0 spiro atoms. The molecule has 66 heavy (non-hydrogen) atoms. The number of urea groups is 1. The highest BCUT2D eigenvalue weighted by Crippen LogP contribution is 2.33. The minimum atomic E-state index is -0.947. The van der Waals surface area contributed by atoms with Gasteiger partial charge in [0.15, 0.2) is 5.13 Å². The Morgan fingerprint density at radius 1 is 1.03 bits per heavy atom. The van der Waals surface area contributed by atoms with E-state index in [-0.39, 0.29) is 42.4 Å². The van der Waals surface area contributed by atoms with Crippen molar-refractivity contribution in [2.75, 3.05) is 51.5 Å². The van der Waals surface area contributed by atoms with Crippen molar-refractivity contribution in [3.05, 3.63) is 41.8 Å². The number of carboxylic acids is 1. The molecule has 0 saturated carbocycles.